The van der Waals surface area contributed by atoms with E-state index >= 15 is 0 Å². The van der Waals surface area contributed by atoms with Crippen LogP contribution in [0.2, 0.25) is 0 Å². The van der Waals surface area contributed by atoms with Crippen LogP contribution in [0, 0.1) is 13.8 Å². The average Bonchev–Trinajstić information content (AvgIpc) is 2.72. The van der Waals surface area contributed by atoms with Crippen molar-refractivity contribution in [3.05, 3.63) is 53.1 Å². The summed E-state index contributed by atoms with van der Waals surface area (Å²) in [7, 11) is -3.44. The van der Waals surface area contributed by atoms with Gasteiger partial charge in [-0.1, -0.05) is 12.1 Å². The van der Waals surface area contributed by atoms with Gasteiger partial charge in [0.1, 0.15) is 13.2 Å². The molecule has 0 aromatic heterocycles. The Morgan fingerprint density at radius 1 is 1.06 bits per heavy atom. The van der Waals surface area contributed by atoms with Gasteiger partial charge in [-0.25, -0.2) is 8.42 Å². The molecule has 7 nitrogen and oxygen atoms in total. The molecule has 0 fully saturated rings. The Bertz CT molecular complexity index is 1050. The predicted molar refractivity (Wildman–Crippen MR) is 121 cm³/mol. The van der Waals surface area contributed by atoms with Crippen LogP contribution < -0.4 is 19.1 Å². The van der Waals surface area contributed by atoms with Gasteiger partial charge in [-0.3, -0.25) is 9.10 Å². The molecule has 2 aromatic rings. The Labute approximate surface area is 184 Å². The standard InChI is InChI=1S/C23H30N2O5S/c1-16-7-9-20(14-17(16)2)25(31(4,27)28)11-5-6-23(26)24-18(3)19-8-10-21-22(15-19)30-13-12-29-21/h7-10,14-15,18H,5-6,11-13H2,1-4H3,(H,24,26)/t18-/m1/s1. The summed E-state index contributed by atoms with van der Waals surface area (Å²) in [6.07, 6.45) is 1.83. The van der Waals surface area contributed by atoms with E-state index in [-0.39, 0.29) is 24.9 Å². The molecular weight excluding hydrogens is 416 g/mol. The molecule has 8 heteroatoms. The lowest BCUT2D eigenvalue weighted by Crippen LogP contribution is -2.32. The Kier molecular flexibility index (Phi) is 7.10. The molecule has 31 heavy (non-hydrogen) atoms. The monoisotopic (exact) mass is 446 g/mol. The third-order valence-electron chi connectivity index (χ3n) is 5.39. The maximum atomic E-state index is 12.4. The molecule has 1 aliphatic rings. The number of carbonyl (C=O) groups excluding carboxylic acids is 1. The maximum Gasteiger partial charge on any atom is 0.232 e. The van der Waals surface area contributed by atoms with Crippen molar-refractivity contribution in [1.29, 1.82) is 0 Å². The fraction of sp³-hybridized carbons (Fsp3) is 0.435. The van der Waals surface area contributed by atoms with Crippen molar-refractivity contribution in [1.82, 2.24) is 5.32 Å². The molecule has 0 spiro atoms. The first-order valence-electron chi connectivity index (χ1n) is 10.4. The summed E-state index contributed by atoms with van der Waals surface area (Å²) in [6, 6.07) is 11.0. The van der Waals surface area contributed by atoms with Crippen molar-refractivity contribution < 1.29 is 22.7 Å². The molecule has 0 bridgehead atoms. The molecule has 2 aromatic carbocycles. The van der Waals surface area contributed by atoms with Crippen LogP contribution in [0.1, 0.15) is 42.5 Å². The smallest absolute Gasteiger partial charge is 0.232 e. The molecule has 168 valence electrons. The SMILES string of the molecule is Cc1ccc(N(CCCC(=O)N[C@H](C)c2ccc3c(c2)OCCO3)S(C)(=O)=O)cc1C. The fourth-order valence-electron chi connectivity index (χ4n) is 3.48. The van der Waals surface area contributed by atoms with Gasteiger partial charge < -0.3 is 14.8 Å². The van der Waals surface area contributed by atoms with Gasteiger partial charge in [-0.2, -0.15) is 0 Å². The van der Waals surface area contributed by atoms with Gasteiger partial charge in [-0.15, -0.1) is 0 Å². The molecular formula is C23H30N2O5S. The van der Waals surface area contributed by atoms with Gasteiger partial charge in [0.15, 0.2) is 11.5 Å². The highest BCUT2D eigenvalue weighted by Crippen LogP contribution is 2.32. The van der Waals surface area contributed by atoms with Crippen molar-refractivity contribution in [3.63, 3.8) is 0 Å². The summed E-state index contributed by atoms with van der Waals surface area (Å²) < 4.78 is 37.1. The fourth-order valence-corrected chi connectivity index (χ4v) is 4.43. The first-order chi connectivity index (χ1) is 14.6. The lowest BCUT2D eigenvalue weighted by molar-refractivity contribution is -0.121. The highest BCUT2D eigenvalue weighted by atomic mass is 32.2. The van der Waals surface area contributed by atoms with E-state index in [9.17, 15) is 13.2 Å². The summed E-state index contributed by atoms with van der Waals surface area (Å²) >= 11 is 0. The van der Waals surface area contributed by atoms with Crippen molar-refractivity contribution in [2.45, 2.75) is 39.7 Å². The number of nitrogens with zero attached hydrogens (tertiary/aromatic N) is 1. The van der Waals surface area contributed by atoms with E-state index in [1.807, 2.05) is 51.1 Å². The van der Waals surface area contributed by atoms with Gasteiger partial charge in [0.25, 0.3) is 0 Å². The number of hydrogen-bond donors (Lipinski definition) is 1. The summed E-state index contributed by atoms with van der Waals surface area (Å²) in [5.41, 5.74) is 3.67. The third kappa shape index (κ3) is 5.91. The van der Waals surface area contributed by atoms with E-state index in [4.69, 9.17) is 9.47 Å². The minimum Gasteiger partial charge on any atom is -0.486 e. The lowest BCUT2D eigenvalue weighted by atomic mass is 10.1. The zero-order chi connectivity index (χ0) is 22.6. The Balaban J connectivity index is 1.57. The Morgan fingerprint density at radius 2 is 1.77 bits per heavy atom. The summed E-state index contributed by atoms with van der Waals surface area (Å²) in [4.78, 5) is 12.4. The number of rotatable bonds is 8. The molecule has 1 amide bonds. The summed E-state index contributed by atoms with van der Waals surface area (Å²) in [6.45, 7) is 7.12. The topological polar surface area (TPSA) is 84.9 Å². The van der Waals surface area contributed by atoms with Crippen LogP contribution in [0.3, 0.4) is 0 Å². The minimum atomic E-state index is -3.44. The first-order valence-corrected chi connectivity index (χ1v) is 12.2. The normalized spacial score (nSPS) is 14.1. The highest BCUT2D eigenvalue weighted by molar-refractivity contribution is 7.92. The Morgan fingerprint density at radius 3 is 2.45 bits per heavy atom. The largest absolute Gasteiger partial charge is 0.486 e. The number of nitrogens with one attached hydrogen (secondary N) is 1. The van der Waals surface area contributed by atoms with Crippen molar-refractivity contribution in [2.75, 3.05) is 30.3 Å². The van der Waals surface area contributed by atoms with Crippen molar-refractivity contribution in [2.24, 2.45) is 0 Å². The number of sulfonamides is 1. The number of amides is 1. The molecule has 3 rings (SSSR count). The molecule has 1 heterocycles. The molecule has 1 atom stereocenters. The van der Waals surface area contributed by atoms with Gasteiger partial charge in [-0.05, 0) is 68.1 Å². The van der Waals surface area contributed by atoms with Gasteiger partial charge in [0, 0.05) is 13.0 Å². The van der Waals surface area contributed by atoms with Crippen LogP contribution in [0.4, 0.5) is 5.69 Å². The molecule has 0 saturated carbocycles. The average molecular weight is 447 g/mol. The van der Waals surface area contributed by atoms with Crippen LogP contribution in [-0.2, 0) is 14.8 Å². The highest BCUT2D eigenvalue weighted by Gasteiger charge is 2.19. The van der Waals surface area contributed by atoms with Crippen molar-refractivity contribution in [3.8, 4) is 11.5 Å². The number of hydrogen-bond acceptors (Lipinski definition) is 5. The van der Waals surface area contributed by atoms with E-state index in [0.717, 1.165) is 16.7 Å². The van der Waals surface area contributed by atoms with Crippen LogP contribution in [0.15, 0.2) is 36.4 Å². The number of fused-ring (bicyclic) bond motifs is 1. The zero-order valence-corrected chi connectivity index (χ0v) is 19.3. The van der Waals surface area contributed by atoms with E-state index in [1.165, 1.54) is 10.6 Å². The maximum absolute atomic E-state index is 12.4. The predicted octanol–water partition coefficient (Wildman–Crippen LogP) is 3.50. The van der Waals surface area contributed by atoms with Gasteiger partial charge in [0.2, 0.25) is 15.9 Å². The number of carbonyl (C=O) groups is 1. The van der Waals surface area contributed by atoms with E-state index in [0.29, 0.717) is 36.8 Å². The van der Waals surface area contributed by atoms with Gasteiger partial charge >= 0.3 is 0 Å². The quantitative estimate of drug-likeness (QED) is 0.671. The zero-order valence-electron chi connectivity index (χ0n) is 18.5. The van der Waals surface area contributed by atoms with E-state index in [1.54, 1.807) is 6.07 Å². The molecule has 0 radical (unpaired) electrons. The Hall–Kier alpha value is -2.74. The summed E-state index contributed by atoms with van der Waals surface area (Å²) in [5, 5.41) is 2.97. The molecule has 0 aliphatic carbocycles. The van der Waals surface area contributed by atoms with Crippen LogP contribution in [0.25, 0.3) is 0 Å². The second-order valence-corrected chi connectivity index (χ2v) is 9.81. The van der Waals surface area contributed by atoms with Crippen LogP contribution in [0.5, 0.6) is 11.5 Å². The number of aryl methyl sites for hydroxylation is 2. The second kappa shape index (κ2) is 9.60. The lowest BCUT2D eigenvalue weighted by Gasteiger charge is -2.23. The van der Waals surface area contributed by atoms with Crippen LogP contribution >= 0.6 is 0 Å². The molecule has 0 unspecified atom stereocenters. The van der Waals surface area contributed by atoms with Crippen molar-refractivity contribution >= 4 is 21.6 Å². The molecule has 0 saturated heterocycles. The second-order valence-electron chi connectivity index (χ2n) is 7.90. The number of ether oxygens (including phenoxy) is 2. The third-order valence-corrected chi connectivity index (χ3v) is 6.58. The van der Waals surface area contributed by atoms with Crippen LogP contribution in [-0.4, -0.2) is 40.3 Å². The first kappa shape index (κ1) is 22.9. The van der Waals surface area contributed by atoms with E-state index < -0.39 is 10.0 Å². The molecule has 1 N–H and O–H groups in total. The van der Waals surface area contributed by atoms with Gasteiger partial charge in [0.05, 0.1) is 18.0 Å². The minimum absolute atomic E-state index is 0.129. The molecule has 1 aliphatic heterocycles. The summed E-state index contributed by atoms with van der Waals surface area (Å²) in [5.74, 6) is 1.26. The number of anilines is 1. The van der Waals surface area contributed by atoms with E-state index in [2.05, 4.69) is 5.32 Å². The number of benzene rings is 2.